The molecule has 0 amide bonds. The summed E-state index contributed by atoms with van der Waals surface area (Å²) in [6.45, 7) is 5.48. The molecule has 118 valence electrons. The number of nitrogens with one attached hydrogen (secondary N) is 1. The van der Waals surface area contributed by atoms with Crippen LogP contribution in [0.25, 0.3) is 0 Å². The lowest BCUT2D eigenvalue weighted by molar-refractivity contribution is 0.247. The van der Waals surface area contributed by atoms with Crippen molar-refractivity contribution < 1.29 is 0 Å². The molecule has 0 aliphatic carbocycles. The predicted octanol–water partition coefficient (Wildman–Crippen LogP) is 2.28. The molecule has 4 nitrogen and oxygen atoms in total. The highest BCUT2D eigenvalue weighted by Gasteiger charge is 2.22. The highest BCUT2D eigenvalue weighted by molar-refractivity contribution is 5.43. The minimum atomic E-state index is 0.579. The molecular formula is C17H30N4. The lowest BCUT2D eigenvalue weighted by Gasteiger charge is -2.36. The van der Waals surface area contributed by atoms with Gasteiger partial charge in [0, 0.05) is 31.9 Å². The standard InChI is InChI=1S/C17H30N4/c1-5-7-15-10-14(12-18-2)11-17(19-15)21(4)16-8-6-9-20(3)13-16/h10-11,16,18H,5-9,12-13H2,1-4H3. The molecule has 0 aromatic carbocycles. The van der Waals surface area contributed by atoms with Gasteiger partial charge in [-0.2, -0.15) is 0 Å². The van der Waals surface area contributed by atoms with Crippen LogP contribution in [-0.4, -0.2) is 50.2 Å². The molecule has 1 fully saturated rings. The van der Waals surface area contributed by atoms with E-state index in [2.05, 4.69) is 48.3 Å². The molecule has 21 heavy (non-hydrogen) atoms. The highest BCUT2D eigenvalue weighted by Crippen LogP contribution is 2.21. The van der Waals surface area contributed by atoms with Crippen LogP contribution in [0.4, 0.5) is 5.82 Å². The number of hydrogen-bond donors (Lipinski definition) is 1. The second kappa shape index (κ2) is 7.76. The number of likely N-dealkylation sites (tertiary alicyclic amines) is 1. The van der Waals surface area contributed by atoms with Gasteiger partial charge in [0.1, 0.15) is 5.82 Å². The van der Waals surface area contributed by atoms with Crippen LogP contribution in [0.5, 0.6) is 0 Å². The van der Waals surface area contributed by atoms with Crippen LogP contribution < -0.4 is 10.2 Å². The van der Waals surface area contributed by atoms with Crippen LogP contribution in [0.15, 0.2) is 12.1 Å². The van der Waals surface area contributed by atoms with E-state index in [-0.39, 0.29) is 0 Å². The third kappa shape index (κ3) is 4.42. The molecule has 0 saturated carbocycles. The maximum absolute atomic E-state index is 4.89. The van der Waals surface area contributed by atoms with E-state index in [0.717, 1.165) is 31.7 Å². The molecule has 1 aromatic rings. The van der Waals surface area contributed by atoms with Gasteiger partial charge in [0.2, 0.25) is 0 Å². The Balaban J connectivity index is 2.19. The Labute approximate surface area is 129 Å². The first-order valence-corrected chi connectivity index (χ1v) is 8.19. The summed E-state index contributed by atoms with van der Waals surface area (Å²) < 4.78 is 0. The van der Waals surface area contributed by atoms with Gasteiger partial charge in [-0.05, 0) is 57.6 Å². The van der Waals surface area contributed by atoms with Crippen molar-refractivity contribution in [3.8, 4) is 0 Å². The number of aryl methyl sites for hydroxylation is 1. The summed E-state index contributed by atoms with van der Waals surface area (Å²) in [4.78, 5) is 9.69. The summed E-state index contributed by atoms with van der Waals surface area (Å²) in [5, 5.41) is 3.25. The lowest BCUT2D eigenvalue weighted by atomic mass is 10.0. The van der Waals surface area contributed by atoms with E-state index in [0.29, 0.717) is 6.04 Å². The molecule has 1 aromatic heterocycles. The zero-order valence-corrected chi connectivity index (χ0v) is 14.0. The molecule has 0 spiro atoms. The van der Waals surface area contributed by atoms with Crippen LogP contribution in [0, 0.1) is 0 Å². The Morgan fingerprint density at radius 3 is 2.90 bits per heavy atom. The molecule has 0 radical (unpaired) electrons. The topological polar surface area (TPSA) is 31.4 Å². The largest absolute Gasteiger partial charge is 0.355 e. The fraction of sp³-hybridized carbons (Fsp3) is 0.706. The molecule has 2 heterocycles. The van der Waals surface area contributed by atoms with Crippen LogP contribution in [0.2, 0.25) is 0 Å². The highest BCUT2D eigenvalue weighted by atomic mass is 15.2. The van der Waals surface area contributed by atoms with Gasteiger partial charge in [0.15, 0.2) is 0 Å². The smallest absolute Gasteiger partial charge is 0.129 e. The summed E-state index contributed by atoms with van der Waals surface area (Å²) in [5.74, 6) is 1.13. The zero-order valence-electron chi connectivity index (χ0n) is 14.0. The molecule has 1 aliphatic rings. The Morgan fingerprint density at radius 1 is 1.43 bits per heavy atom. The number of piperidine rings is 1. The van der Waals surface area contributed by atoms with Gasteiger partial charge in [0.05, 0.1) is 0 Å². The van der Waals surface area contributed by atoms with E-state index >= 15 is 0 Å². The summed E-state index contributed by atoms with van der Waals surface area (Å²) in [5.41, 5.74) is 2.55. The van der Waals surface area contributed by atoms with E-state index in [1.807, 2.05) is 7.05 Å². The Hall–Kier alpha value is -1.13. The first-order valence-electron chi connectivity index (χ1n) is 8.19. The third-order valence-electron chi connectivity index (χ3n) is 4.32. The van der Waals surface area contributed by atoms with Crippen LogP contribution in [0.3, 0.4) is 0 Å². The zero-order chi connectivity index (χ0) is 15.2. The number of aromatic nitrogens is 1. The van der Waals surface area contributed by atoms with Crippen molar-refractivity contribution in [1.29, 1.82) is 0 Å². The van der Waals surface area contributed by atoms with Crippen LogP contribution in [0.1, 0.15) is 37.4 Å². The second-order valence-electron chi connectivity index (χ2n) is 6.27. The fourth-order valence-electron chi connectivity index (χ4n) is 3.15. The quantitative estimate of drug-likeness (QED) is 0.871. The van der Waals surface area contributed by atoms with Gasteiger partial charge in [-0.15, -0.1) is 0 Å². The van der Waals surface area contributed by atoms with Crippen molar-refractivity contribution in [3.63, 3.8) is 0 Å². The number of nitrogens with zero attached hydrogens (tertiary/aromatic N) is 3. The molecule has 1 aliphatic heterocycles. The van der Waals surface area contributed by atoms with Crippen LogP contribution >= 0.6 is 0 Å². The van der Waals surface area contributed by atoms with E-state index in [9.17, 15) is 0 Å². The Kier molecular flexibility index (Phi) is 6.00. The molecule has 1 N–H and O–H groups in total. The number of rotatable bonds is 6. The Morgan fingerprint density at radius 2 is 2.24 bits per heavy atom. The monoisotopic (exact) mass is 290 g/mol. The van der Waals surface area contributed by atoms with Gasteiger partial charge >= 0.3 is 0 Å². The molecule has 1 atom stereocenters. The number of likely N-dealkylation sites (N-methyl/N-ethyl adjacent to an activating group) is 2. The summed E-state index contributed by atoms with van der Waals surface area (Å²) in [7, 11) is 6.41. The first kappa shape index (κ1) is 16.2. The minimum Gasteiger partial charge on any atom is -0.355 e. The van der Waals surface area contributed by atoms with E-state index in [4.69, 9.17) is 4.98 Å². The molecular weight excluding hydrogens is 260 g/mol. The molecule has 4 heteroatoms. The molecule has 2 rings (SSSR count). The SMILES string of the molecule is CCCc1cc(CNC)cc(N(C)C2CCCN(C)C2)n1. The fourth-order valence-corrected chi connectivity index (χ4v) is 3.15. The van der Waals surface area contributed by atoms with Crippen molar-refractivity contribution in [3.05, 3.63) is 23.4 Å². The molecule has 1 unspecified atom stereocenters. The van der Waals surface area contributed by atoms with Crippen molar-refractivity contribution in [1.82, 2.24) is 15.2 Å². The van der Waals surface area contributed by atoms with Gasteiger partial charge in [-0.3, -0.25) is 0 Å². The van der Waals surface area contributed by atoms with Crippen molar-refractivity contribution >= 4 is 5.82 Å². The molecule has 1 saturated heterocycles. The average Bonchev–Trinajstić information content (AvgIpc) is 2.47. The summed E-state index contributed by atoms with van der Waals surface area (Å²) in [6, 6.07) is 5.06. The maximum atomic E-state index is 4.89. The Bertz CT molecular complexity index is 422. The van der Waals surface area contributed by atoms with E-state index in [1.54, 1.807) is 0 Å². The average molecular weight is 290 g/mol. The van der Waals surface area contributed by atoms with Gasteiger partial charge in [0.25, 0.3) is 0 Å². The van der Waals surface area contributed by atoms with E-state index in [1.165, 1.54) is 30.6 Å². The maximum Gasteiger partial charge on any atom is 0.129 e. The van der Waals surface area contributed by atoms with Gasteiger partial charge in [-0.25, -0.2) is 4.98 Å². The van der Waals surface area contributed by atoms with Gasteiger partial charge < -0.3 is 15.1 Å². The van der Waals surface area contributed by atoms with Crippen molar-refractivity contribution in [2.75, 3.05) is 39.1 Å². The normalized spacial score (nSPS) is 19.7. The predicted molar refractivity (Wildman–Crippen MR) is 89.9 cm³/mol. The second-order valence-corrected chi connectivity index (χ2v) is 6.27. The van der Waals surface area contributed by atoms with Crippen molar-refractivity contribution in [2.24, 2.45) is 0 Å². The number of pyridine rings is 1. The lowest BCUT2D eigenvalue weighted by Crippen LogP contribution is -2.45. The first-order chi connectivity index (χ1) is 10.1. The van der Waals surface area contributed by atoms with E-state index < -0.39 is 0 Å². The summed E-state index contributed by atoms with van der Waals surface area (Å²) >= 11 is 0. The number of hydrogen-bond acceptors (Lipinski definition) is 4. The van der Waals surface area contributed by atoms with Crippen molar-refractivity contribution in [2.45, 2.75) is 45.2 Å². The van der Waals surface area contributed by atoms with Crippen LogP contribution in [-0.2, 0) is 13.0 Å². The number of anilines is 1. The minimum absolute atomic E-state index is 0.579. The summed E-state index contributed by atoms with van der Waals surface area (Å²) in [6.07, 6.45) is 4.75. The third-order valence-corrected chi connectivity index (χ3v) is 4.32. The molecule has 0 bridgehead atoms. The van der Waals surface area contributed by atoms with Gasteiger partial charge in [-0.1, -0.05) is 13.3 Å².